The Labute approximate surface area is 259 Å². The van der Waals surface area contributed by atoms with E-state index in [1.54, 1.807) is 13.2 Å². The second-order valence-electron chi connectivity index (χ2n) is 10.9. The van der Waals surface area contributed by atoms with E-state index in [4.69, 9.17) is 15.0 Å². The highest BCUT2D eigenvalue weighted by molar-refractivity contribution is 6.01. The molecule has 44 heavy (non-hydrogen) atoms. The van der Waals surface area contributed by atoms with Gasteiger partial charge in [0, 0.05) is 50.9 Å². The zero-order valence-electron chi connectivity index (χ0n) is 26.1. The molecule has 4 heterocycles. The molecular weight excluding hydrogens is 555 g/mol. The van der Waals surface area contributed by atoms with Crippen molar-refractivity contribution < 1.29 is 13.9 Å². The molecule has 0 unspecified atom stereocenters. The topological polar surface area (TPSA) is 85.6 Å². The van der Waals surface area contributed by atoms with Crippen LogP contribution in [0.15, 0.2) is 67.1 Å². The Morgan fingerprint density at radius 3 is 2.30 bits per heavy atom. The number of hydrogen-bond acceptors (Lipinski definition) is 7. The first-order chi connectivity index (χ1) is 21.3. The Hall–Kier alpha value is -4.55. The van der Waals surface area contributed by atoms with Crippen molar-refractivity contribution in [3.8, 4) is 23.1 Å². The Kier molecular flexibility index (Phi) is 11.2. The monoisotopic (exact) mass is 596 g/mol. The summed E-state index contributed by atoms with van der Waals surface area (Å²) in [5.41, 5.74) is 5.79. The predicted molar refractivity (Wildman–Crippen MR) is 175 cm³/mol. The summed E-state index contributed by atoms with van der Waals surface area (Å²) >= 11 is 0. The molecule has 0 bridgehead atoms. The van der Waals surface area contributed by atoms with Gasteiger partial charge >= 0.3 is 0 Å². The fourth-order valence-electron chi connectivity index (χ4n) is 5.72. The van der Waals surface area contributed by atoms with Crippen LogP contribution < -0.4 is 9.64 Å². The summed E-state index contributed by atoms with van der Waals surface area (Å²) in [5, 5.41) is 9.75. The number of ether oxygens (including phenoxy) is 1. The number of aryl methyl sites for hydroxylation is 1. The smallest absolute Gasteiger partial charge is 0.282 e. The van der Waals surface area contributed by atoms with Gasteiger partial charge in [-0.25, -0.2) is 9.37 Å². The third-order valence-electron chi connectivity index (χ3n) is 7.96. The Bertz CT molecular complexity index is 1650. The van der Waals surface area contributed by atoms with E-state index in [2.05, 4.69) is 77.8 Å². The molecular formula is C35H41FN6O2. The average Bonchev–Trinajstić information content (AvgIpc) is 3.54. The van der Waals surface area contributed by atoms with Gasteiger partial charge in [0.25, 0.3) is 5.91 Å². The molecule has 230 valence electrons. The van der Waals surface area contributed by atoms with Gasteiger partial charge in [-0.05, 0) is 67.4 Å². The van der Waals surface area contributed by atoms with E-state index in [-0.39, 0.29) is 0 Å². The van der Waals surface area contributed by atoms with E-state index in [1.165, 1.54) is 54.1 Å². The molecule has 1 amide bonds. The van der Waals surface area contributed by atoms with E-state index < -0.39 is 11.7 Å². The van der Waals surface area contributed by atoms with Gasteiger partial charge in [-0.1, -0.05) is 49.9 Å². The predicted octanol–water partition coefficient (Wildman–Crippen LogP) is 6.39. The Morgan fingerprint density at radius 1 is 1.07 bits per heavy atom. The van der Waals surface area contributed by atoms with E-state index in [9.17, 15) is 9.18 Å². The minimum Gasteiger partial charge on any atom is -0.481 e. The van der Waals surface area contributed by atoms with Gasteiger partial charge in [0.15, 0.2) is 5.83 Å². The van der Waals surface area contributed by atoms with E-state index >= 15 is 0 Å². The van der Waals surface area contributed by atoms with Crippen LogP contribution in [0.5, 0.6) is 5.88 Å². The zero-order valence-corrected chi connectivity index (χ0v) is 26.1. The second kappa shape index (κ2) is 15.3. The molecule has 8 nitrogen and oxygen atoms in total. The van der Waals surface area contributed by atoms with Crippen molar-refractivity contribution in [2.75, 3.05) is 58.3 Å². The third kappa shape index (κ3) is 7.50. The number of aromatic nitrogens is 2. The van der Waals surface area contributed by atoms with Crippen LogP contribution in [0.4, 0.5) is 10.1 Å². The summed E-state index contributed by atoms with van der Waals surface area (Å²) in [5.74, 6) is -1.08. The fourth-order valence-corrected chi connectivity index (χ4v) is 5.72. The third-order valence-corrected chi connectivity index (χ3v) is 7.96. The number of carbonyl (C=O) groups is 1. The molecule has 0 saturated carbocycles. The lowest BCUT2D eigenvalue weighted by molar-refractivity contribution is -0.128. The van der Waals surface area contributed by atoms with Crippen molar-refractivity contribution in [1.82, 2.24) is 19.8 Å². The molecule has 2 fully saturated rings. The fraction of sp³-hybridized carbons (Fsp3) is 0.371. The van der Waals surface area contributed by atoms with Gasteiger partial charge in [-0.15, -0.1) is 0 Å². The van der Waals surface area contributed by atoms with E-state index in [0.29, 0.717) is 32.1 Å². The highest BCUT2D eigenvalue weighted by Crippen LogP contribution is 2.35. The molecule has 2 aromatic heterocycles. The number of anilines is 1. The summed E-state index contributed by atoms with van der Waals surface area (Å²) < 4.78 is 18.8. The number of carbonyl (C=O) groups excluding carboxylic acids is 1. The van der Waals surface area contributed by atoms with Crippen LogP contribution in [-0.2, 0) is 11.2 Å². The van der Waals surface area contributed by atoms with Crippen LogP contribution in [0, 0.1) is 11.3 Å². The first kappa shape index (κ1) is 32.4. The van der Waals surface area contributed by atoms with Crippen LogP contribution >= 0.6 is 0 Å². The number of nitrogens with zero attached hydrogens (tertiary/aromatic N) is 6. The van der Waals surface area contributed by atoms with Gasteiger partial charge in [-0.3, -0.25) is 9.78 Å². The lowest BCUT2D eigenvalue weighted by atomic mass is 9.94. The van der Waals surface area contributed by atoms with Crippen molar-refractivity contribution >= 4 is 33.4 Å². The van der Waals surface area contributed by atoms with Crippen molar-refractivity contribution in [3.05, 3.63) is 72.7 Å². The van der Waals surface area contributed by atoms with Gasteiger partial charge in [0.1, 0.15) is 5.52 Å². The number of nitriles is 1. The second-order valence-corrected chi connectivity index (χ2v) is 10.9. The number of pyridine rings is 2. The van der Waals surface area contributed by atoms with Gasteiger partial charge in [0.2, 0.25) is 5.88 Å². The maximum absolute atomic E-state index is 13.3. The first-order valence-corrected chi connectivity index (χ1v) is 15.0. The molecule has 9 heteroatoms. The highest BCUT2D eigenvalue weighted by Gasteiger charge is 2.25. The van der Waals surface area contributed by atoms with Crippen molar-refractivity contribution in [1.29, 1.82) is 5.26 Å². The first-order valence-electron chi connectivity index (χ1n) is 15.0. The number of amides is 1. The number of piperazine rings is 1. The molecule has 2 saturated heterocycles. The molecule has 0 spiro atoms. The summed E-state index contributed by atoms with van der Waals surface area (Å²) in [6.45, 7) is 11.3. The van der Waals surface area contributed by atoms with Gasteiger partial charge in [0.05, 0.1) is 24.4 Å². The minimum absolute atomic E-state index is 0.405. The van der Waals surface area contributed by atoms with E-state index in [0.717, 1.165) is 34.3 Å². The molecule has 6 rings (SSSR count). The molecule has 0 radical (unpaired) electrons. The van der Waals surface area contributed by atoms with Crippen LogP contribution in [0.2, 0.25) is 0 Å². The average molecular weight is 597 g/mol. The molecule has 2 aromatic carbocycles. The number of fused-ring (bicyclic) bond motifs is 2. The lowest BCUT2D eigenvalue weighted by Gasteiger charge is -2.36. The minimum atomic E-state index is -0.927. The maximum atomic E-state index is 13.3. The maximum Gasteiger partial charge on any atom is 0.282 e. The quantitative estimate of drug-likeness (QED) is 0.247. The van der Waals surface area contributed by atoms with Crippen molar-refractivity contribution in [2.45, 2.75) is 33.1 Å². The zero-order chi connectivity index (χ0) is 31.6. The van der Waals surface area contributed by atoms with Crippen LogP contribution in [0.3, 0.4) is 0 Å². The summed E-state index contributed by atoms with van der Waals surface area (Å²) in [4.78, 5) is 27.5. The number of rotatable bonds is 5. The van der Waals surface area contributed by atoms with Gasteiger partial charge < -0.3 is 19.4 Å². The number of methoxy groups -OCH3 is 1. The molecule has 2 aliphatic heterocycles. The standard InChI is InChI=1S/C28H27FN4O2.C5H11N.C2H3N/c1-4-19-7-5-8-20-9-6-10-22(26(19)20)21-15-23-27(30-17-21)24(16-25(31-23)35-3)32-11-13-33(14-12-32)28(34)18(2)29;1-6-4-2-3-5-6;1-2-3/h5-10,15-17H,2,4,11-14H2,1,3H3;2-5H2,1H3;1H3. The lowest BCUT2D eigenvalue weighted by Crippen LogP contribution is -2.49. The van der Waals surface area contributed by atoms with Crippen LogP contribution in [0.1, 0.15) is 32.3 Å². The summed E-state index contributed by atoms with van der Waals surface area (Å²) in [7, 11) is 3.77. The number of likely N-dealkylation sites (tertiary alicyclic amines) is 1. The highest BCUT2D eigenvalue weighted by atomic mass is 19.1. The summed E-state index contributed by atoms with van der Waals surface area (Å²) in [6, 6.07) is 18.4. The van der Waals surface area contributed by atoms with Crippen molar-refractivity contribution in [3.63, 3.8) is 0 Å². The molecule has 0 N–H and O–H groups in total. The van der Waals surface area contributed by atoms with Gasteiger partial charge in [-0.2, -0.15) is 5.26 Å². The Morgan fingerprint density at radius 2 is 1.73 bits per heavy atom. The number of benzene rings is 2. The molecule has 4 aromatic rings. The Balaban J connectivity index is 0.000000427. The largest absolute Gasteiger partial charge is 0.481 e. The van der Waals surface area contributed by atoms with Crippen LogP contribution in [0.25, 0.3) is 32.9 Å². The molecule has 0 atom stereocenters. The molecule has 0 aliphatic carbocycles. The van der Waals surface area contributed by atoms with Crippen molar-refractivity contribution in [2.24, 2.45) is 0 Å². The normalized spacial score (nSPS) is 14.7. The number of halogens is 1. The van der Waals surface area contributed by atoms with Crippen LogP contribution in [-0.4, -0.2) is 79.1 Å². The molecule has 2 aliphatic rings. The summed E-state index contributed by atoms with van der Waals surface area (Å²) in [6.07, 6.45) is 5.66. The number of hydrogen-bond donors (Lipinski definition) is 0. The van der Waals surface area contributed by atoms with E-state index in [1.807, 2.05) is 12.3 Å². The SMILES string of the molecule is C=C(F)C(=O)N1CCN(c2cc(OC)nc3cc(-c4cccc5cccc(CC)c45)cnc23)CC1.CC#N.CN1CCCC1.